The molecule has 0 aromatic carbocycles. The third-order valence-electron chi connectivity index (χ3n) is 2.03. The number of imidazole rings is 1. The van der Waals surface area contributed by atoms with Gasteiger partial charge in [-0.25, -0.2) is 13.4 Å². The lowest BCUT2D eigenvalue weighted by atomic mass is 10.4. The van der Waals surface area contributed by atoms with Crippen LogP contribution in [-0.2, 0) is 17.1 Å². The van der Waals surface area contributed by atoms with Crippen molar-refractivity contribution in [1.29, 1.82) is 0 Å². The Morgan fingerprint density at radius 2 is 2.27 bits per heavy atom. The molecule has 6 nitrogen and oxygen atoms in total. The van der Waals surface area contributed by atoms with Crippen molar-refractivity contribution in [3.63, 3.8) is 0 Å². The number of nitrogens with two attached hydrogens (primary N) is 1. The van der Waals surface area contributed by atoms with E-state index < -0.39 is 10.0 Å². The molecular formula is C8H16N4O2S. The van der Waals surface area contributed by atoms with Crippen LogP contribution in [0.1, 0.15) is 6.42 Å². The fraction of sp³-hybridized carbons (Fsp3) is 0.625. The first kappa shape index (κ1) is 12.2. The van der Waals surface area contributed by atoms with E-state index in [1.807, 2.05) is 0 Å². The van der Waals surface area contributed by atoms with Gasteiger partial charge < -0.3 is 10.3 Å². The molecule has 1 aromatic heterocycles. The van der Waals surface area contributed by atoms with Crippen molar-refractivity contribution >= 4 is 10.0 Å². The molecule has 86 valence electrons. The van der Waals surface area contributed by atoms with Crippen LogP contribution in [0.2, 0.25) is 0 Å². The molecule has 0 aliphatic rings. The molecule has 0 bridgehead atoms. The Kier molecular flexibility index (Phi) is 3.83. The quantitative estimate of drug-likeness (QED) is 0.734. The molecule has 0 amide bonds. The molecule has 1 heterocycles. The van der Waals surface area contributed by atoms with Gasteiger partial charge in [0.1, 0.15) is 0 Å². The Balaban J connectivity index is 2.83. The summed E-state index contributed by atoms with van der Waals surface area (Å²) in [6, 6.07) is 0. The zero-order valence-corrected chi connectivity index (χ0v) is 9.74. The largest absolute Gasteiger partial charge is 0.339 e. The summed E-state index contributed by atoms with van der Waals surface area (Å²) in [4.78, 5) is 3.82. The maximum absolute atomic E-state index is 11.9. The van der Waals surface area contributed by atoms with E-state index in [1.165, 1.54) is 23.9 Å². The normalized spacial score (nSPS) is 12.3. The number of nitrogens with zero attached hydrogens (tertiary/aromatic N) is 3. The second-order valence-corrected chi connectivity index (χ2v) is 5.34. The van der Waals surface area contributed by atoms with Gasteiger partial charge in [-0.05, 0) is 13.0 Å². The van der Waals surface area contributed by atoms with Gasteiger partial charge in [0.2, 0.25) is 0 Å². The van der Waals surface area contributed by atoms with Gasteiger partial charge in [-0.3, -0.25) is 0 Å². The van der Waals surface area contributed by atoms with Crippen molar-refractivity contribution in [3.05, 3.63) is 12.5 Å². The molecule has 0 atom stereocenters. The van der Waals surface area contributed by atoms with E-state index in [0.717, 1.165) is 0 Å². The highest BCUT2D eigenvalue weighted by atomic mass is 32.2. The Hall–Kier alpha value is -0.920. The van der Waals surface area contributed by atoms with E-state index in [1.54, 1.807) is 11.6 Å². The number of hydrogen-bond donors (Lipinski definition) is 1. The summed E-state index contributed by atoms with van der Waals surface area (Å²) in [6.45, 7) is 0.886. The van der Waals surface area contributed by atoms with Crippen LogP contribution in [0.25, 0.3) is 0 Å². The summed E-state index contributed by atoms with van der Waals surface area (Å²) in [5.74, 6) is 0. The van der Waals surface area contributed by atoms with Crippen molar-refractivity contribution in [2.24, 2.45) is 12.8 Å². The standard InChI is InChI=1S/C8H16N4O2S/c1-11-6-8(10-7-11)15(13,14)12(2)5-3-4-9/h6-7H,3-5,9H2,1-2H3. The monoisotopic (exact) mass is 232 g/mol. The Bertz CT molecular complexity index is 412. The summed E-state index contributed by atoms with van der Waals surface area (Å²) in [6.07, 6.45) is 3.58. The molecule has 0 radical (unpaired) electrons. The van der Waals surface area contributed by atoms with Crippen LogP contribution in [0.5, 0.6) is 0 Å². The smallest absolute Gasteiger partial charge is 0.261 e. The predicted molar refractivity (Wildman–Crippen MR) is 56.7 cm³/mol. The zero-order valence-electron chi connectivity index (χ0n) is 8.92. The highest BCUT2D eigenvalue weighted by Gasteiger charge is 2.22. The van der Waals surface area contributed by atoms with Crippen molar-refractivity contribution in [2.75, 3.05) is 20.1 Å². The first-order valence-corrected chi connectivity index (χ1v) is 6.07. The van der Waals surface area contributed by atoms with Crippen LogP contribution >= 0.6 is 0 Å². The van der Waals surface area contributed by atoms with Gasteiger partial charge in [0.15, 0.2) is 5.03 Å². The molecule has 0 saturated heterocycles. The molecule has 2 N–H and O–H groups in total. The number of aryl methyl sites for hydroxylation is 1. The van der Waals surface area contributed by atoms with Crippen molar-refractivity contribution in [2.45, 2.75) is 11.4 Å². The summed E-state index contributed by atoms with van der Waals surface area (Å²) < 4.78 is 26.6. The topological polar surface area (TPSA) is 81.2 Å². The summed E-state index contributed by atoms with van der Waals surface area (Å²) in [7, 11) is -0.189. The molecule has 1 rings (SSSR count). The first-order chi connectivity index (χ1) is 6.98. The molecule has 0 fully saturated rings. The van der Waals surface area contributed by atoms with E-state index in [-0.39, 0.29) is 5.03 Å². The van der Waals surface area contributed by atoms with Crippen LogP contribution in [0.3, 0.4) is 0 Å². The Morgan fingerprint density at radius 1 is 1.60 bits per heavy atom. The van der Waals surface area contributed by atoms with Gasteiger partial charge in [-0.1, -0.05) is 0 Å². The van der Waals surface area contributed by atoms with Crippen LogP contribution in [-0.4, -0.2) is 42.4 Å². The second kappa shape index (κ2) is 4.73. The van der Waals surface area contributed by atoms with Crippen molar-refractivity contribution in [3.8, 4) is 0 Å². The molecule has 15 heavy (non-hydrogen) atoms. The molecule has 7 heteroatoms. The lowest BCUT2D eigenvalue weighted by Crippen LogP contribution is -2.29. The third kappa shape index (κ3) is 2.77. The number of aromatic nitrogens is 2. The van der Waals surface area contributed by atoms with Crippen molar-refractivity contribution in [1.82, 2.24) is 13.9 Å². The Morgan fingerprint density at radius 3 is 2.73 bits per heavy atom. The minimum Gasteiger partial charge on any atom is -0.339 e. The number of hydrogen-bond acceptors (Lipinski definition) is 4. The van der Waals surface area contributed by atoms with Crippen LogP contribution < -0.4 is 5.73 Å². The molecule has 0 spiro atoms. The molecular weight excluding hydrogens is 216 g/mol. The average molecular weight is 232 g/mol. The lowest BCUT2D eigenvalue weighted by Gasteiger charge is -2.14. The van der Waals surface area contributed by atoms with Crippen LogP contribution in [0.4, 0.5) is 0 Å². The summed E-state index contributed by atoms with van der Waals surface area (Å²) >= 11 is 0. The first-order valence-electron chi connectivity index (χ1n) is 4.63. The van der Waals surface area contributed by atoms with Gasteiger partial charge in [0, 0.05) is 26.8 Å². The fourth-order valence-electron chi connectivity index (χ4n) is 1.12. The van der Waals surface area contributed by atoms with E-state index in [9.17, 15) is 8.42 Å². The Labute approximate surface area is 89.8 Å². The molecule has 0 aliphatic carbocycles. The van der Waals surface area contributed by atoms with Gasteiger partial charge in [0.05, 0.1) is 6.33 Å². The SMILES string of the molecule is CN(CCCN)S(=O)(=O)c1cn(C)cn1. The molecule has 1 aromatic rings. The van der Waals surface area contributed by atoms with E-state index in [0.29, 0.717) is 19.5 Å². The average Bonchev–Trinajstić information content (AvgIpc) is 2.61. The highest BCUT2D eigenvalue weighted by molar-refractivity contribution is 7.89. The maximum Gasteiger partial charge on any atom is 0.261 e. The summed E-state index contributed by atoms with van der Waals surface area (Å²) in [5.41, 5.74) is 5.32. The van der Waals surface area contributed by atoms with Gasteiger partial charge in [-0.15, -0.1) is 0 Å². The van der Waals surface area contributed by atoms with Gasteiger partial charge >= 0.3 is 0 Å². The maximum atomic E-state index is 11.9. The fourth-order valence-corrected chi connectivity index (χ4v) is 2.28. The highest BCUT2D eigenvalue weighted by Crippen LogP contribution is 2.10. The van der Waals surface area contributed by atoms with Crippen molar-refractivity contribution < 1.29 is 8.42 Å². The van der Waals surface area contributed by atoms with Crippen LogP contribution in [0.15, 0.2) is 17.6 Å². The van der Waals surface area contributed by atoms with Gasteiger partial charge in [-0.2, -0.15) is 4.31 Å². The molecule has 0 unspecified atom stereocenters. The predicted octanol–water partition coefficient (Wildman–Crippen LogP) is -0.611. The van der Waals surface area contributed by atoms with Gasteiger partial charge in [0.25, 0.3) is 10.0 Å². The van der Waals surface area contributed by atoms with E-state index in [4.69, 9.17) is 5.73 Å². The zero-order chi connectivity index (χ0) is 11.5. The summed E-state index contributed by atoms with van der Waals surface area (Å²) in [5, 5.41) is 0.0736. The van der Waals surface area contributed by atoms with Crippen LogP contribution in [0, 0.1) is 0 Å². The number of sulfonamides is 1. The second-order valence-electron chi connectivity index (χ2n) is 3.35. The lowest BCUT2D eigenvalue weighted by molar-refractivity contribution is 0.461. The number of rotatable bonds is 5. The molecule has 0 saturated carbocycles. The third-order valence-corrected chi connectivity index (χ3v) is 3.78. The minimum atomic E-state index is -3.44. The minimum absolute atomic E-state index is 0.0736. The molecule has 0 aliphatic heterocycles. The van der Waals surface area contributed by atoms with E-state index in [2.05, 4.69) is 4.98 Å². The van der Waals surface area contributed by atoms with E-state index >= 15 is 0 Å².